The van der Waals surface area contributed by atoms with E-state index < -0.39 is 33.4 Å². The van der Waals surface area contributed by atoms with Crippen molar-refractivity contribution in [2.75, 3.05) is 6.61 Å². The molecule has 0 saturated carbocycles. The molecule has 2 nitrogen and oxygen atoms in total. The van der Waals surface area contributed by atoms with Crippen molar-refractivity contribution in [3.63, 3.8) is 0 Å². The number of hydrogen-bond donors (Lipinski definition) is 0. The van der Waals surface area contributed by atoms with Gasteiger partial charge in [0.15, 0.2) is 5.78 Å². The quantitative estimate of drug-likeness (QED) is 0.387. The molecule has 2 atom stereocenters. The van der Waals surface area contributed by atoms with Crippen molar-refractivity contribution in [1.82, 2.24) is 0 Å². The number of ether oxygens (including phenoxy) is 1. The minimum Gasteiger partial charge on any atom is -0.375 e. The summed E-state index contributed by atoms with van der Waals surface area (Å²) in [6, 6.07) is 4.86. The Kier molecular flexibility index (Phi) is 6.79. The number of hydrogen-bond acceptors (Lipinski definition) is 2. The Balaban J connectivity index is 3.34. The lowest BCUT2D eigenvalue weighted by Gasteiger charge is -2.41. The van der Waals surface area contributed by atoms with Gasteiger partial charge in [0, 0.05) is 5.56 Å². The first-order valence-corrected chi connectivity index (χ1v) is 9.29. The normalized spacial score (nSPS) is 16.9. The zero-order chi connectivity index (χ0) is 20.6. The summed E-state index contributed by atoms with van der Waals surface area (Å²) in [4.78, 5) is 13.1. The van der Waals surface area contributed by atoms with Gasteiger partial charge in [-0.05, 0) is 23.8 Å². The van der Waals surface area contributed by atoms with Gasteiger partial charge in [0.2, 0.25) is 0 Å². The third-order valence-corrected chi connectivity index (χ3v) is 4.66. The average molecular weight is 437 g/mol. The van der Waals surface area contributed by atoms with Crippen molar-refractivity contribution >= 4 is 21.7 Å². The summed E-state index contributed by atoms with van der Waals surface area (Å²) in [6.07, 6.45) is -5.22. The summed E-state index contributed by atoms with van der Waals surface area (Å²) in [6.45, 7) is 13.7. The molecule has 0 bridgehead atoms. The van der Waals surface area contributed by atoms with Crippen LogP contribution in [0.1, 0.15) is 64.4 Å². The molecule has 0 aromatic heterocycles. The van der Waals surface area contributed by atoms with Gasteiger partial charge in [-0.15, -0.1) is 0 Å². The Labute approximate surface area is 162 Å². The summed E-state index contributed by atoms with van der Waals surface area (Å²) in [5.41, 5.74) is -1.89. The molecule has 148 valence electrons. The number of halogens is 4. The number of alkyl halides is 4. The van der Waals surface area contributed by atoms with E-state index in [9.17, 15) is 18.0 Å². The van der Waals surface area contributed by atoms with Crippen LogP contribution in [0.25, 0.3) is 0 Å². The molecule has 0 heterocycles. The molecule has 0 saturated heterocycles. The third kappa shape index (κ3) is 5.81. The highest BCUT2D eigenvalue weighted by molar-refractivity contribution is 9.10. The minimum absolute atomic E-state index is 0.139. The molecule has 26 heavy (non-hydrogen) atoms. The summed E-state index contributed by atoms with van der Waals surface area (Å²) >= 11 is 3.41. The molecule has 0 aliphatic heterocycles. The lowest BCUT2D eigenvalue weighted by Crippen LogP contribution is -2.51. The Morgan fingerprint density at radius 3 is 1.96 bits per heavy atom. The van der Waals surface area contributed by atoms with Crippen LogP contribution in [0, 0.1) is 10.8 Å². The number of Topliss-reactive ketones (excluding diaryl/α,β-unsaturated/α-hetero) is 1. The van der Waals surface area contributed by atoms with Crippen LogP contribution in [0.15, 0.2) is 24.3 Å². The fourth-order valence-corrected chi connectivity index (χ4v) is 3.90. The van der Waals surface area contributed by atoms with Gasteiger partial charge >= 0.3 is 6.18 Å². The third-order valence-electron chi connectivity index (χ3n) is 3.88. The van der Waals surface area contributed by atoms with Crippen LogP contribution < -0.4 is 0 Å². The minimum atomic E-state index is -4.60. The monoisotopic (exact) mass is 436 g/mol. The molecule has 0 aliphatic carbocycles. The topological polar surface area (TPSA) is 26.3 Å². The smallest absolute Gasteiger partial charge is 0.375 e. The first-order valence-electron chi connectivity index (χ1n) is 8.49. The van der Waals surface area contributed by atoms with Crippen LogP contribution in [0.3, 0.4) is 0 Å². The Morgan fingerprint density at radius 2 is 1.54 bits per heavy atom. The van der Waals surface area contributed by atoms with E-state index >= 15 is 0 Å². The zero-order valence-electron chi connectivity index (χ0n) is 16.4. The molecule has 0 amide bonds. The highest BCUT2D eigenvalue weighted by atomic mass is 79.9. The van der Waals surface area contributed by atoms with E-state index in [4.69, 9.17) is 4.74 Å². The highest BCUT2D eigenvalue weighted by Gasteiger charge is 2.48. The maximum atomic E-state index is 13.3. The SMILES string of the molecule is CC(C)(C)COC(C(C)(C)C)C(C)(Br)C(=O)c1ccccc1C(F)(F)F. The second-order valence-corrected chi connectivity index (χ2v) is 10.7. The fourth-order valence-electron chi connectivity index (χ4n) is 2.86. The number of ketones is 1. The summed E-state index contributed by atoms with van der Waals surface area (Å²) in [5.74, 6) is -0.640. The fraction of sp³-hybridized carbons (Fsp3) is 0.650. The van der Waals surface area contributed by atoms with E-state index in [-0.39, 0.29) is 11.0 Å². The summed E-state index contributed by atoms with van der Waals surface area (Å²) in [7, 11) is 0. The van der Waals surface area contributed by atoms with Crippen LogP contribution >= 0.6 is 15.9 Å². The van der Waals surface area contributed by atoms with Crippen LogP contribution in [0.5, 0.6) is 0 Å². The van der Waals surface area contributed by atoms with Crippen molar-refractivity contribution in [3.8, 4) is 0 Å². The Hall–Kier alpha value is -0.880. The number of rotatable bonds is 5. The van der Waals surface area contributed by atoms with E-state index in [2.05, 4.69) is 15.9 Å². The van der Waals surface area contributed by atoms with Crippen LogP contribution in [0.4, 0.5) is 13.2 Å². The first kappa shape index (κ1) is 23.2. The van der Waals surface area contributed by atoms with E-state index in [1.165, 1.54) is 18.2 Å². The maximum absolute atomic E-state index is 13.3. The molecule has 0 radical (unpaired) electrons. The van der Waals surface area contributed by atoms with Gasteiger partial charge in [0.05, 0.1) is 18.3 Å². The van der Waals surface area contributed by atoms with E-state index in [1.807, 2.05) is 41.5 Å². The molecule has 0 N–H and O–H groups in total. The van der Waals surface area contributed by atoms with E-state index in [1.54, 1.807) is 6.92 Å². The molecule has 1 rings (SSSR count). The van der Waals surface area contributed by atoms with Crippen molar-refractivity contribution in [1.29, 1.82) is 0 Å². The van der Waals surface area contributed by atoms with Crippen molar-refractivity contribution in [3.05, 3.63) is 35.4 Å². The number of carbonyl (C=O) groups excluding carboxylic acids is 1. The molecule has 0 aliphatic rings. The number of benzene rings is 1. The highest BCUT2D eigenvalue weighted by Crippen LogP contribution is 2.42. The largest absolute Gasteiger partial charge is 0.417 e. The maximum Gasteiger partial charge on any atom is 0.417 e. The standard InChI is InChI=1S/C20H28BrF3O2/c1-17(2,3)12-26-16(18(4,5)6)19(7,21)15(25)13-10-8-9-11-14(13)20(22,23)24/h8-11,16H,12H2,1-7H3. The predicted molar refractivity (Wildman–Crippen MR) is 102 cm³/mol. The van der Waals surface area contributed by atoms with Gasteiger partial charge in [-0.25, -0.2) is 0 Å². The van der Waals surface area contributed by atoms with Crippen LogP contribution in [-0.2, 0) is 10.9 Å². The van der Waals surface area contributed by atoms with Crippen LogP contribution in [-0.4, -0.2) is 22.8 Å². The van der Waals surface area contributed by atoms with Crippen molar-refractivity contribution in [2.45, 2.75) is 65.1 Å². The molecule has 0 spiro atoms. The van der Waals surface area contributed by atoms with Gasteiger partial charge in [0.25, 0.3) is 0 Å². The zero-order valence-corrected chi connectivity index (χ0v) is 18.0. The van der Waals surface area contributed by atoms with Gasteiger partial charge in [-0.1, -0.05) is 75.7 Å². The van der Waals surface area contributed by atoms with Crippen molar-refractivity contribution < 1.29 is 22.7 Å². The van der Waals surface area contributed by atoms with Gasteiger partial charge in [-0.3, -0.25) is 4.79 Å². The van der Waals surface area contributed by atoms with E-state index in [0.717, 1.165) is 6.07 Å². The van der Waals surface area contributed by atoms with Gasteiger partial charge < -0.3 is 4.74 Å². The van der Waals surface area contributed by atoms with E-state index in [0.29, 0.717) is 6.61 Å². The molecule has 0 fully saturated rings. The van der Waals surface area contributed by atoms with Crippen LogP contribution in [0.2, 0.25) is 0 Å². The molecule has 1 aromatic rings. The lowest BCUT2D eigenvalue weighted by molar-refractivity contribution is -0.138. The van der Waals surface area contributed by atoms with Gasteiger partial charge in [0.1, 0.15) is 4.32 Å². The second-order valence-electron chi connectivity index (χ2n) is 9.07. The summed E-state index contributed by atoms with van der Waals surface area (Å²) < 4.78 is 44.8. The second kappa shape index (κ2) is 7.63. The summed E-state index contributed by atoms with van der Waals surface area (Å²) in [5, 5.41) is 0. The predicted octanol–water partition coefficient (Wildman–Crippen LogP) is 6.52. The lowest BCUT2D eigenvalue weighted by atomic mass is 9.78. The van der Waals surface area contributed by atoms with Gasteiger partial charge in [-0.2, -0.15) is 13.2 Å². The molecular formula is C20H28BrF3O2. The average Bonchev–Trinajstić information content (AvgIpc) is 2.42. The van der Waals surface area contributed by atoms with Crippen molar-refractivity contribution in [2.24, 2.45) is 10.8 Å². The molecular weight excluding hydrogens is 409 g/mol. The molecule has 1 aromatic carbocycles. The Bertz CT molecular complexity index is 638. The first-order chi connectivity index (χ1) is 11.5. The number of carbonyl (C=O) groups is 1. The molecule has 2 unspecified atom stereocenters. The Morgan fingerprint density at radius 1 is 1.04 bits per heavy atom. The molecule has 6 heteroatoms.